The van der Waals surface area contributed by atoms with E-state index < -0.39 is 5.41 Å². The van der Waals surface area contributed by atoms with Crippen molar-refractivity contribution in [1.29, 1.82) is 5.26 Å². The van der Waals surface area contributed by atoms with E-state index in [1.807, 2.05) is 0 Å². The molecule has 0 unspecified atom stereocenters. The van der Waals surface area contributed by atoms with E-state index in [1.54, 1.807) is 18.2 Å². The van der Waals surface area contributed by atoms with E-state index in [9.17, 15) is 4.79 Å². The first-order chi connectivity index (χ1) is 8.07. The zero-order valence-corrected chi connectivity index (χ0v) is 10.5. The van der Waals surface area contributed by atoms with Crippen molar-refractivity contribution >= 4 is 34.8 Å². The fraction of sp³-hybridized carbons (Fsp3) is 0.333. The highest BCUT2D eigenvalue weighted by molar-refractivity contribution is 6.35. The Morgan fingerprint density at radius 2 is 2.12 bits per heavy atom. The van der Waals surface area contributed by atoms with Crippen LogP contribution in [0.25, 0.3) is 0 Å². The van der Waals surface area contributed by atoms with Gasteiger partial charge in [-0.3, -0.25) is 4.79 Å². The van der Waals surface area contributed by atoms with Crippen molar-refractivity contribution in [3.63, 3.8) is 0 Å². The molecule has 1 aliphatic carbocycles. The molecule has 0 atom stereocenters. The van der Waals surface area contributed by atoms with Crippen LogP contribution >= 0.6 is 23.2 Å². The first kappa shape index (κ1) is 12.2. The summed E-state index contributed by atoms with van der Waals surface area (Å²) in [4.78, 5) is 12.0. The number of hydrogen-bond acceptors (Lipinski definition) is 2. The lowest BCUT2D eigenvalue weighted by molar-refractivity contribution is -0.126. The fourth-order valence-electron chi connectivity index (χ4n) is 1.76. The van der Waals surface area contributed by atoms with Gasteiger partial charge in [0, 0.05) is 5.02 Å². The SMILES string of the molecule is N#CC1(C(=O)Nc2cc(Cl)ccc2Cl)CCC1. The second-order valence-corrected chi connectivity index (χ2v) is 4.97. The van der Waals surface area contributed by atoms with Crippen LogP contribution in [-0.2, 0) is 4.79 Å². The molecule has 3 nitrogen and oxygen atoms in total. The molecule has 0 heterocycles. The lowest BCUT2D eigenvalue weighted by atomic mass is 9.69. The molecule has 5 heteroatoms. The third-order valence-electron chi connectivity index (χ3n) is 3.03. The molecule has 1 aromatic rings. The number of amides is 1. The summed E-state index contributed by atoms with van der Waals surface area (Å²) in [5.41, 5.74) is -0.434. The van der Waals surface area contributed by atoms with E-state index in [4.69, 9.17) is 28.5 Å². The summed E-state index contributed by atoms with van der Waals surface area (Å²) in [5.74, 6) is -0.296. The van der Waals surface area contributed by atoms with Crippen LogP contribution in [0.15, 0.2) is 18.2 Å². The quantitative estimate of drug-likeness (QED) is 0.891. The Bertz CT molecular complexity index is 504. The van der Waals surface area contributed by atoms with Crippen molar-refractivity contribution in [1.82, 2.24) is 0 Å². The second-order valence-electron chi connectivity index (χ2n) is 4.13. The molecule has 17 heavy (non-hydrogen) atoms. The van der Waals surface area contributed by atoms with Crippen LogP contribution in [-0.4, -0.2) is 5.91 Å². The van der Waals surface area contributed by atoms with Gasteiger partial charge in [-0.1, -0.05) is 23.2 Å². The van der Waals surface area contributed by atoms with Gasteiger partial charge in [0.1, 0.15) is 5.41 Å². The maximum atomic E-state index is 12.0. The zero-order chi connectivity index (χ0) is 12.5. The van der Waals surface area contributed by atoms with Crippen molar-refractivity contribution in [2.24, 2.45) is 5.41 Å². The molecular formula is C12H10Cl2N2O. The standard InChI is InChI=1S/C12H10Cl2N2O/c13-8-2-3-9(14)10(6-8)16-11(17)12(7-15)4-1-5-12/h2-3,6H,1,4-5H2,(H,16,17). The van der Waals surface area contributed by atoms with E-state index in [0.717, 1.165) is 6.42 Å². The smallest absolute Gasteiger partial charge is 0.244 e. The van der Waals surface area contributed by atoms with Gasteiger partial charge in [-0.2, -0.15) is 5.26 Å². The first-order valence-corrected chi connectivity index (χ1v) is 6.01. The Kier molecular flexibility index (Phi) is 3.28. The van der Waals surface area contributed by atoms with Crippen molar-refractivity contribution in [2.45, 2.75) is 19.3 Å². The molecular weight excluding hydrogens is 259 g/mol. The fourth-order valence-corrected chi connectivity index (χ4v) is 2.09. The van der Waals surface area contributed by atoms with Gasteiger partial charge in [0.15, 0.2) is 0 Å². The largest absolute Gasteiger partial charge is 0.323 e. The topological polar surface area (TPSA) is 52.9 Å². The van der Waals surface area contributed by atoms with Crippen LogP contribution in [0.4, 0.5) is 5.69 Å². The van der Waals surface area contributed by atoms with Crippen LogP contribution in [0.3, 0.4) is 0 Å². The lowest BCUT2D eigenvalue weighted by Crippen LogP contribution is -2.40. The van der Waals surface area contributed by atoms with Gasteiger partial charge >= 0.3 is 0 Å². The summed E-state index contributed by atoms with van der Waals surface area (Å²) in [6.45, 7) is 0. The van der Waals surface area contributed by atoms with Crippen molar-refractivity contribution in [3.05, 3.63) is 28.2 Å². The van der Waals surface area contributed by atoms with Crippen molar-refractivity contribution in [2.75, 3.05) is 5.32 Å². The minimum absolute atomic E-state index is 0.296. The summed E-state index contributed by atoms with van der Waals surface area (Å²) in [7, 11) is 0. The predicted molar refractivity (Wildman–Crippen MR) is 67.0 cm³/mol. The molecule has 1 saturated carbocycles. The summed E-state index contributed by atoms with van der Waals surface area (Å²) in [6.07, 6.45) is 2.12. The molecule has 88 valence electrons. The van der Waals surface area contributed by atoms with E-state index in [-0.39, 0.29) is 5.91 Å². The molecule has 1 N–H and O–H groups in total. The van der Waals surface area contributed by atoms with Gasteiger partial charge in [0.05, 0.1) is 16.8 Å². The highest BCUT2D eigenvalue weighted by Gasteiger charge is 2.44. The number of halogens is 2. The van der Waals surface area contributed by atoms with Gasteiger partial charge in [-0.15, -0.1) is 0 Å². The molecule has 0 saturated heterocycles. The number of nitrogens with zero attached hydrogens (tertiary/aromatic N) is 1. The van der Waals surface area contributed by atoms with E-state index >= 15 is 0 Å². The number of carbonyl (C=O) groups is 1. The Balaban J connectivity index is 2.19. The Hall–Kier alpha value is -1.24. The number of rotatable bonds is 2. The number of benzene rings is 1. The van der Waals surface area contributed by atoms with Crippen LogP contribution in [0.2, 0.25) is 10.0 Å². The summed E-state index contributed by atoms with van der Waals surface area (Å²) >= 11 is 11.8. The number of nitriles is 1. The molecule has 1 fully saturated rings. The number of nitrogens with one attached hydrogen (secondary N) is 1. The maximum absolute atomic E-state index is 12.0. The molecule has 1 aliphatic rings. The van der Waals surface area contributed by atoms with Crippen molar-refractivity contribution in [3.8, 4) is 6.07 Å². The van der Waals surface area contributed by atoms with Gasteiger partial charge in [-0.05, 0) is 37.5 Å². The molecule has 1 amide bonds. The van der Waals surface area contributed by atoms with Gasteiger partial charge in [0.2, 0.25) is 5.91 Å². The highest BCUT2D eigenvalue weighted by Crippen LogP contribution is 2.41. The third-order valence-corrected chi connectivity index (χ3v) is 3.60. The van der Waals surface area contributed by atoms with Crippen LogP contribution in [0.1, 0.15) is 19.3 Å². The lowest BCUT2D eigenvalue weighted by Gasteiger charge is -2.33. The molecule has 0 aliphatic heterocycles. The third kappa shape index (κ3) is 2.24. The second kappa shape index (κ2) is 4.56. The molecule has 2 rings (SSSR count). The Morgan fingerprint density at radius 3 is 2.65 bits per heavy atom. The number of carbonyl (C=O) groups excluding carboxylic acids is 1. The monoisotopic (exact) mass is 268 g/mol. The molecule has 1 aromatic carbocycles. The maximum Gasteiger partial charge on any atom is 0.244 e. The Labute approximate surface area is 109 Å². The average molecular weight is 269 g/mol. The van der Waals surface area contributed by atoms with Crippen LogP contribution in [0.5, 0.6) is 0 Å². The minimum atomic E-state index is -0.883. The molecule has 0 spiro atoms. The van der Waals surface area contributed by atoms with Crippen LogP contribution in [0, 0.1) is 16.7 Å². The van der Waals surface area contributed by atoms with E-state index in [1.165, 1.54) is 0 Å². The molecule has 0 aromatic heterocycles. The average Bonchev–Trinajstić information content (AvgIpc) is 2.23. The minimum Gasteiger partial charge on any atom is -0.323 e. The predicted octanol–water partition coefficient (Wildman–Crippen LogP) is 3.63. The van der Waals surface area contributed by atoms with E-state index in [0.29, 0.717) is 28.6 Å². The van der Waals surface area contributed by atoms with Gasteiger partial charge in [-0.25, -0.2) is 0 Å². The number of hydrogen-bond donors (Lipinski definition) is 1. The first-order valence-electron chi connectivity index (χ1n) is 5.25. The van der Waals surface area contributed by atoms with Gasteiger partial charge < -0.3 is 5.32 Å². The molecule has 0 bridgehead atoms. The summed E-state index contributed by atoms with van der Waals surface area (Å²) in [6, 6.07) is 6.91. The normalized spacial score (nSPS) is 16.8. The molecule has 0 radical (unpaired) electrons. The zero-order valence-electron chi connectivity index (χ0n) is 8.96. The summed E-state index contributed by atoms with van der Waals surface area (Å²) < 4.78 is 0. The number of anilines is 1. The summed E-state index contributed by atoms with van der Waals surface area (Å²) in [5, 5.41) is 12.6. The van der Waals surface area contributed by atoms with E-state index in [2.05, 4.69) is 11.4 Å². The highest BCUT2D eigenvalue weighted by atomic mass is 35.5. The van der Waals surface area contributed by atoms with Crippen molar-refractivity contribution < 1.29 is 4.79 Å². The Morgan fingerprint density at radius 1 is 1.41 bits per heavy atom. The van der Waals surface area contributed by atoms with Gasteiger partial charge in [0.25, 0.3) is 0 Å². The van der Waals surface area contributed by atoms with Crippen LogP contribution < -0.4 is 5.32 Å².